The number of nitrogen functional groups attached to an aromatic ring is 1. The first-order chi connectivity index (χ1) is 9.93. The predicted molar refractivity (Wildman–Crippen MR) is 88.0 cm³/mol. The SMILES string of the molecule is C=CCNC(=O)c1sc(N(C)CCCC)c(C(N)=O)c1N. The van der Waals surface area contributed by atoms with Gasteiger partial charge in [-0.3, -0.25) is 9.59 Å². The number of nitrogens with two attached hydrogens (primary N) is 2. The summed E-state index contributed by atoms with van der Waals surface area (Å²) in [6.45, 7) is 6.72. The smallest absolute Gasteiger partial charge is 0.263 e. The average Bonchev–Trinajstić information content (AvgIpc) is 2.79. The van der Waals surface area contributed by atoms with Crippen LogP contribution in [0.4, 0.5) is 10.7 Å². The summed E-state index contributed by atoms with van der Waals surface area (Å²) in [6.07, 6.45) is 3.58. The van der Waals surface area contributed by atoms with Gasteiger partial charge >= 0.3 is 0 Å². The van der Waals surface area contributed by atoms with Gasteiger partial charge in [0.2, 0.25) is 0 Å². The first-order valence-corrected chi connectivity index (χ1v) is 7.57. The zero-order chi connectivity index (χ0) is 16.0. The van der Waals surface area contributed by atoms with Gasteiger partial charge in [0.1, 0.15) is 9.88 Å². The number of hydrogen-bond donors (Lipinski definition) is 3. The normalized spacial score (nSPS) is 10.2. The average molecular weight is 310 g/mol. The number of anilines is 2. The summed E-state index contributed by atoms with van der Waals surface area (Å²) in [6, 6.07) is 0. The van der Waals surface area contributed by atoms with E-state index in [-0.39, 0.29) is 17.2 Å². The van der Waals surface area contributed by atoms with Crippen LogP contribution in [-0.2, 0) is 0 Å². The minimum Gasteiger partial charge on any atom is -0.397 e. The van der Waals surface area contributed by atoms with Gasteiger partial charge in [-0.05, 0) is 6.42 Å². The Morgan fingerprint density at radius 1 is 1.48 bits per heavy atom. The van der Waals surface area contributed by atoms with Crippen LogP contribution in [0, 0.1) is 0 Å². The molecule has 0 aliphatic rings. The molecule has 21 heavy (non-hydrogen) atoms. The highest BCUT2D eigenvalue weighted by molar-refractivity contribution is 7.19. The molecule has 0 unspecified atom stereocenters. The summed E-state index contributed by atoms with van der Waals surface area (Å²) < 4.78 is 0. The van der Waals surface area contributed by atoms with Crippen molar-refractivity contribution in [3.8, 4) is 0 Å². The van der Waals surface area contributed by atoms with Crippen molar-refractivity contribution in [1.82, 2.24) is 5.32 Å². The number of carbonyl (C=O) groups is 2. The van der Waals surface area contributed by atoms with E-state index in [1.54, 1.807) is 6.08 Å². The molecule has 2 amide bonds. The van der Waals surface area contributed by atoms with Crippen molar-refractivity contribution in [2.75, 3.05) is 30.8 Å². The van der Waals surface area contributed by atoms with E-state index in [1.807, 2.05) is 11.9 Å². The van der Waals surface area contributed by atoms with Crippen LogP contribution in [-0.4, -0.2) is 32.0 Å². The van der Waals surface area contributed by atoms with Crippen LogP contribution in [0.25, 0.3) is 0 Å². The highest BCUT2D eigenvalue weighted by Crippen LogP contribution is 2.37. The molecule has 1 heterocycles. The fourth-order valence-electron chi connectivity index (χ4n) is 1.85. The van der Waals surface area contributed by atoms with Crippen LogP contribution in [0.1, 0.15) is 39.8 Å². The Labute approximate surface area is 128 Å². The molecule has 116 valence electrons. The molecule has 0 saturated heterocycles. The topological polar surface area (TPSA) is 101 Å². The minimum atomic E-state index is -0.620. The summed E-state index contributed by atoms with van der Waals surface area (Å²) >= 11 is 1.19. The van der Waals surface area contributed by atoms with Gasteiger partial charge in [-0.2, -0.15) is 0 Å². The van der Waals surface area contributed by atoms with Crippen molar-refractivity contribution in [3.05, 3.63) is 23.1 Å². The first kappa shape index (κ1) is 17.0. The van der Waals surface area contributed by atoms with Crippen LogP contribution in [0.5, 0.6) is 0 Å². The van der Waals surface area contributed by atoms with Crippen LogP contribution in [0.2, 0.25) is 0 Å². The van der Waals surface area contributed by atoms with Crippen LogP contribution in [0.3, 0.4) is 0 Å². The molecule has 0 saturated carbocycles. The van der Waals surface area contributed by atoms with E-state index in [2.05, 4.69) is 18.8 Å². The Hall–Kier alpha value is -2.02. The maximum absolute atomic E-state index is 12.1. The third kappa shape index (κ3) is 3.98. The van der Waals surface area contributed by atoms with Crippen molar-refractivity contribution in [1.29, 1.82) is 0 Å². The highest BCUT2D eigenvalue weighted by Gasteiger charge is 2.25. The summed E-state index contributed by atoms with van der Waals surface area (Å²) in [7, 11) is 1.86. The van der Waals surface area contributed by atoms with E-state index >= 15 is 0 Å². The van der Waals surface area contributed by atoms with Gasteiger partial charge in [-0.15, -0.1) is 17.9 Å². The lowest BCUT2D eigenvalue weighted by Gasteiger charge is -2.17. The van der Waals surface area contributed by atoms with Crippen LogP contribution in [0.15, 0.2) is 12.7 Å². The Balaban J connectivity index is 3.15. The van der Waals surface area contributed by atoms with Gasteiger partial charge in [-0.25, -0.2) is 0 Å². The largest absolute Gasteiger partial charge is 0.397 e. The van der Waals surface area contributed by atoms with Gasteiger partial charge < -0.3 is 21.7 Å². The predicted octanol–water partition coefficient (Wildman–Crippen LogP) is 1.58. The van der Waals surface area contributed by atoms with Gasteiger partial charge in [-0.1, -0.05) is 19.4 Å². The van der Waals surface area contributed by atoms with E-state index < -0.39 is 5.91 Å². The van der Waals surface area contributed by atoms with E-state index in [4.69, 9.17) is 11.5 Å². The molecule has 0 aromatic carbocycles. The van der Waals surface area contributed by atoms with E-state index in [9.17, 15) is 9.59 Å². The maximum Gasteiger partial charge on any atom is 0.263 e. The maximum atomic E-state index is 12.1. The number of nitrogens with zero attached hydrogens (tertiary/aromatic N) is 1. The lowest BCUT2D eigenvalue weighted by atomic mass is 10.2. The summed E-state index contributed by atoms with van der Waals surface area (Å²) in [5, 5.41) is 3.29. The number of hydrogen-bond acceptors (Lipinski definition) is 5. The zero-order valence-corrected chi connectivity index (χ0v) is 13.3. The number of unbranched alkanes of at least 4 members (excludes halogenated alkanes) is 1. The molecule has 1 aromatic heterocycles. The molecule has 5 N–H and O–H groups in total. The number of carbonyl (C=O) groups excluding carboxylic acids is 2. The number of nitrogens with one attached hydrogen (secondary N) is 1. The van der Waals surface area contributed by atoms with Gasteiger partial charge in [0.15, 0.2) is 0 Å². The van der Waals surface area contributed by atoms with Crippen LogP contribution < -0.4 is 21.7 Å². The van der Waals surface area contributed by atoms with Gasteiger partial charge in [0, 0.05) is 20.1 Å². The van der Waals surface area contributed by atoms with E-state index in [0.717, 1.165) is 19.4 Å². The summed E-state index contributed by atoms with van der Waals surface area (Å²) in [5.41, 5.74) is 11.7. The third-order valence-electron chi connectivity index (χ3n) is 2.98. The molecule has 0 bridgehead atoms. The van der Waals surface area contributed by atoms with Gasteiger partial charge in [0.25, 0.3) is 11.8 Å². The zero-order valence-electron chi connectivity index (χ0n) is 12.4. The second-order valence-electron chi connectivity index (χ2n) is 4.66. The molecule has 1 aromatic rings. The minimum absolute atomic E-state index is 0.146. The lowest BCUT2D eigenvalue weighted by molar-refractivity contribution is 0.0962. The quantitative estimate of drug-likeness (QED) is 0.634. The molecule has 0 fully saturated rings. The number of thiophene rings is 1. The molecule has 1 rings (SSSR count). The van der Waals surface area contributed by atoms with E-state index in [0.29, 0.717) is 16.4 Å². The van der Waals surface area contributed by atoms with Crippen molar-refractivity contribution >= 4 is 33.8 Å². The van der Waals surface area contributed by atoms with Crippen molar-refractivity contribution in [2.24, 2.45) is 5.73 Å². The third-order valence-corrected chi connectivity index (χ3v) is 4.30. The Morgan fingerprint density at radius 3 is 2.67 bits per heavy atom. The second kappa shape index (κ2) is 7.68. The van der Waals surface area contributed by atoms with Gasteiger partial charge in [0.05, 0.1) is 11.3 Å². The van der Waals surface area contributed by atoms with Crippen molar-refractivity contribution in [3.63, 3.8) is 0 Å². The van der Waals surface area contributed by atoms with Crippen molar-refractivity contribution in [2.45, 2.75) is 19.8 Å². The Bertz CT molecular complexity index is 539. The highest BCUT2D eigenvalue weighted by atomic mass is 32.1. The van der Waals surface area contributed by atoms with Crippen molar-refractivity contribution < 1.29 is 9.59 Å². The Kier molecular flexibility index (Phi) is 6.23. The molecular weight excluding hydrogens is 288 g/mol. The molecule has 0 aliphatic carbocycles. The summed E-state index contributed by atoms with van der Waals surface area (Å²) in [5.74, 6) is -0.945. The Morgan fingerprint density at radius 2 is 2.14 bits per heavy atom. The summed E-state index contributed by atoms with van der Waals surface area (Å²) in [4.78, 5) is 25.9. The number of primary amides is 1. The molecule has 0 radical (unpaired) electrons. The van der Waals surface area contributed by atoms with Crippen LogP contribution >= 0.6 is 11.3 Å². The molecule has 0 atom stereocenters. The number of amides is 2. The molecule has 0 spiro atoms. The molecule has 6 nitrogen and oxygen atoms in total. The first-order valence-electron chi connectivity index (χ1n) is 6.76. The van der Waals surface area contributed by atoms with E-state index in [1.165, 1.54) is 11.3 Å². The lowest BCUT2D eigenvalue weighted by Crippen LogP contribution is -2.23. The molecule has 0 aliphatic heterocycles. The monoisotopic (exact) mass is 310 g/mol. The standard InChI is InChI=1S/C14H22N4O2S/c1-4-6-8-18(3)14-9(12(16)19)10(15)11(21-14)13(20)17-7-5-2/h5H,2,4,6-8,15H2,1,3H3,(H2,16,19)(H,17,20). The molecular formula is C14H22N4O2S. The second-order valence-corrected chi connectivity index (χ2v) is 5.66. The number of rotatable bonds is 8. The fourth-order valence-corrected chi connectivity index (χ4v) is 2.98. The fraction of sp³-hybridized carbons (Fsp3) is 0.429. The molecule has 7 heteroatoms.